The lowest BCUT2D eigenvalue weighted by molar-refractivity contribution is -0.134. The highest BCUT2D eigenvalue weighted by molar-refractivity contribution is 5.79. The first kappa shape index (κ1) is 10.4. The van der Waals surface area contributed by atoms with E-state index in [-0.39, 0.29) is 0 Å². The number of carbonyl (C=O) groups is 1. The number of nitrogens with one attached hydrogen (secondary N) is 1. The van der Waals surface area contributed by atoms with Gasteiger partial charge in [0.25, 0.3) is 5.91 Å². The fourth-order valence-corrected chi connectivity index (χ4v) is 1.81. The van der Waals surface area contributed by atoms with Crippen LogP contribution >= 0.6 is 0 Å². The lowest BCUT2D eigenvalue weighted by Crippen LogP contribution is -2.49. The van der Waals surface area contributed by atoms with Crippen LogP contribution in [-0.2, 0) is 4.79 Å². The molecule has 0 aromatic heterocycles. The molecule has 4 heteroatoms. The summed E-state index contributed by atoms with van der Waals surface area (Å²) in [6.07, 6.45) is 1.90. The van der Waals surface area contributed by atoms with Gasteiger partial charge in [-0.05, 0) is 19.8 Å². The lowest BCUT2D eigenvalue weighted by atomic mass is 9.83. The molecule has 1 aliphatic carbocycles. The average Bonchev–Trinajstić information content (AvgIpc) is 2.04. The van der Waals surface area contributed by atoms with Crippen molar-refractivity contribution >= 4 is 5.91 Å². The first-order valence-electron chi connectivity index (χ1n) is 4.64. The summed E-state index contributed by atoms with van der Waals surface area (Å²) in [5.41, 5.74) is -0.397. The van der Waals surface area contributed by atoms with Gasteiger partial charge in [0.15, 0.2) is 0 Å². The SMILES string of the molecule is CC1(NC(=O)C(F)F)CCCCC1. The van der Waals surface area contributed by atoms with E-state index in [9.17, 15) is 13.6 Å². The number of hydrogen-bond acceptors (Lipinski definition) is 1. The van der Waals surface area contributed by atoms with Gasteiger partial charge >= 0.3 is 6.43 Å². The van der Waals surface area contributed by atoms with E-state index in [0.717, 1.165) is 32.1 Å². The number of amides is 1. The zero-order valence-corrected chi connectivity index (χ0v) is 7.78. The van der Waals surface area contributed by atoms with Crippen LogP contribution in [0.3, 0.4) is 0 Å². The van der Waals surface area contributed by atoms with E-state index in [1.165, 1.54) is 0 Å². The second-order valence-electron chi connectivity index (χ2n) is 3.91. The fraction of sp³-hybridized carbons (Fsp3) is 0.889. The van der Waals surface area contributed by atoms with Crippen LogP contribution in [0.25, 0.3) is 0 Å². The normalized spacial score (nSPS) is 21.5. The summed E-state index contributed by atoms with van der Waals surface area (Å²) in [7, 11) is 0. The van der Waals surface area contributed by atoms with Crippen molar-refractivity contribution in [3.05, 3.63) is 0 Å². The van der Waals surface area contributed by atoms with Crippen molar-refractivity contribution in [3.63, 3.8) is 0 Å². The predicted octanol–water partition coefficient (Wildman–Crippen LogP) is 2.09. The van der Waals surface area contributed by atoms with E-state index in [1.807, 2.05) is 6.92 Å². The van der Waals surface area contributed by atoms with Gasteiger partial charge in [0, 0.05) is 5.54 Å². The summed E-state index contributed by atoms with van der Waals surface area (Å²) in [4.78, 5) is 10.8. The quantitative estimate of drug-likeness (QED) is 0.711. The molecule has 0 bridgehead atoms. The minimum absolute atomic E-state index is 0.397. The molecule has 0 aromatic carbocycles. The van der Waals surface area contributed by atoms with Crippen LogP contribution in [0.5, 0.6) is 0 Å². The predicted molar refractivity (Wildman–Crippen MR) is 45.6 cm³/mol. The molecule has 0 heterocycles. The van der Waals surface area contributed by atoms with Crippen molar-refractivity contribution in [1.29, 1.82) is 0 Å². The molecule has 1 saturated carbocycles. The highest BCUT2D eigenvalue weighted by Gasteiger charge is 2.30. The summed E-state index contributed by atoms with van der Waals surface area (Å²) in [6.45, 7) is 1.84. The third-order valence-electron chi connectivity index (χ3n) is 2.58. The van der Waals surface area contributed by atoms with Crippen molar-refractivity contribution in [2.45, 2.75) is 51.0 Å². The molecule has 0 atom stereocenters. The van der Waals surface area contributed by atoms with Crippen molar-refractivity contribution in [1.82, 2.24) is 5.32 Å². The highest BCUT2D eigenvalue weighted by atomic mass is 19.3. The van der Waals surface area contributed by atoms with Crippen molar-refractivity contribution in [3.8, 4) is 0 Å². The number of rotatable bonds is 2. The molecule has 1 N–H and O–H groups in total. The number of alkyl halides is 2. The zero-order valence-electron chi connectivity index (χ0n) is 7.78. The van der Waals surface area contributed by atoms with E-state index in [0.29, 0.717) is 0 Å². The van der Waals surface area contributed by atoms with E-state index >= 15 is 0 Å². The van der Waals surface area contributed by atoms with E-state index < -0.39 is 17.9 Å². The van der Waals surface area contributed by atoms with Crippen molar-refractivity contribution < 1.29 is 13.6 Å². The Morgan fingerprint density at radius 2 is 1.85 bits per heavy atom. The Labute approximate surface area is 76.7 Å². The number of hydrogen-bond donors (Lipinski definition) is 1. The summed E-state index contributed by atoms with van der Waals surface area (Å²) < 4.78 is 23.9. The molecule has 13 heavy (non-hydrogen) atoms. The number of halogens is 2. The summed E-state index contributed by atoms with van der Waals surface area (Å²) >= 11 is 0. The first-order chi connectivity index (χ1) is 6.03. The van der Waals surface area contributed by atoms with Crippen LogP contribution in [0.15, 0.2) is 0 Å². The maximum absolute atomic E-state index is 11.9. The lowest BCUT2D eigenvalue weighted by Gasteiger charge is -2.34. The molecular weight excluding hydrogens is 176 g/mol. The summed E-state index contributed by atoms with van der Waals surface area (Å²) in [5, 5.41) is 2.41. The minimum atomic E-state index is -2.89. The van der Waals surface area contributed by atoms with Gasteiger partial charge in [0.1, 0.15) is 0 Å². The Morgan fingerprint density at radius 3 is 2.31 bits per heavy atom. The molecule has 0 unspecified atom stereocenters. The molecular formula is C9H15F2NO. The van der Waals surface area contributed by atoms with Crippen LogP contribution in [-0.4, -0.2) is 17.9 Å². The van der Waals surface area contributed by atoms with Crippen LogP contribution in [0, 0.1) is 0 Å². The van der Waals surface area contributed by atoms with Gasteiger partial charge in [-0.25, -0.2) is 0 Å². The van der Waals surface area contributed by atoms with Gasteiger partial charge in [-0.2, -0.15) is 8.78 Å². The largest absolute Gasteiger partial charge is 0.346 e. The fourth-order valence-electron chi connectivity index (χ4n) is 1.81. The average molecular weight is 191 g/mol. The molecule has 1 aliphatic rings. The van der Waals surface area contributed by atoms with Crippen LogP contribution in [0.4, 0.5) is 8.78 Å². The Balaban J connectivity index is 2.45. The second-order valence-corrected chi connectivity index (χ2v) is 3.91. The molecule has 1 amide bonds. The van der Waals surface area contributed by atoms with Gasteiger partial charge < -0.3 is 5.32 Å². The summed E-state index contributed by atoms with van der Waals surface area (Å²) in [6, 6.07) is 0. The zero-order chi connectivity index (χ0) is 9.90. The monoisotopic (exact) mass is 191 g/mol. The van der Waals surface area contributed by atoms with Crippen molar-refractivity contribution in [2.75, 3.05) is 0 Å². The highest BCUT2D eigenvalue weighted by Crippen LogP contribution is 2.27. The standard InChI is InChI=1S/C9H15F2NO/c1-9(5-3-2-4-6-9)12-8(13)7(10)11/h7H,2-6H2,1H3,(H,12,13). The van der Waals surface area contributed by atoms with E-state index in [4.69, 9.17) is 0 Å². The van der Waals surface area contributed by atoms with E-state index in [2.05, 4.69) is 5.32 Å². The molecule has 0 spiro atoms. The van der Waals surface area contributed by atoms with E-state index in [1.54, 1.807) is 0 Å². The van der Waals surface area contributed by atoms with Crippen molar-refractivity contribution in [2.24, 2.45) is 0 Å². The second kappa shape index (κ2) is 4.03. The molecule has 0 radical (unpaired) electrons. The molecule has 2 nitrogen and oxygen atoms in total. The smallest absolute Gasteiger partial charge is 0.315 e. The first-order valence-corrected chi connectivity index (χ1v) is 4.64. The van der Waals surface area contributed by atoms with Gasteiger partial charge in [-0.15, -0.1) is 0 Å². The molecule has 0 aromatic rings. The maximum Gasteiger partial charge on any atom is 0.315 e. The molecule has 0 aliphatic heterocycles. The maximum atomic E-state index is 11.9. The summed E-state index contributed by atoms with van der Waals surface area (Å²) in [5.74, 6) is -1.13. The Kier molecular flexibility index (Phi) is 3.22. The Morgan fingerprint density at radius 1 is 1.31 bits per heavy atom. The molecule has 1 fully saturated rings. The third kappa shape index (κ3) is 2.94. The Bertz CT molecular complexity index is 188. The molecule has 1 rings (SSSR count). The van der Waals surface area contributed by atoms with Crippen LogP contribution in [0.1, 0.15) is 39.0 Å². The van der Waals surface area contributed by atoms with Gasteiger partial charge in [0.2, 0.25) is 0 Å². The molecule has 0 saturated heterocycles. The van der Waals surface area contributed by atoms with Crippen LogP contribution < -0.4 is 5.32 Å². The minimum Gasteiger partial charge on any atom is -0.346 e. The van der Waals surface area contributed by atoms with Gasteiger partial charge in [-0.3, -0.25) is 4.79 Å². The van der Waals surface area contributed by atoms with Crippen LogP contribution in [0.2, 0.25) is 0 Å². The van der Waals surface area contributed by atoms with Gasteiger partial charge in [0.05, 0.1) is 0 Å². The third-order valence-corrected chi connectivity index (χ3v) is 2.58. The Hall–Kier alpha value is -0.670. The van der Waals surface area contributed by atoms with Gasteiger partial charge in [-0.1, -0.05) is 19.3 Å². The topological polar surface area (TPSA) is 29.1 Å². The number of carbonyl (C=O) groups excluding carboxylic acids is 1. The molecule has 76 valence electrons.